The maximum Gasteiger partial charge on any atom is 0.247 e. The van der Waals surface area contributed by atoms with Crippen LogP contribution in [0.4, 0.5) is 5.69 Å². The Morgan fingerprint density at radius 2 is 1.86 bits per heavy atom. The van der Waals surface area contributed by atoms with Crippen LogP contribution in [0.5, 0.6) is 11.5 Å². The maximum absolute atomic E-state index is 12.7. The summed E-state index contributed by atoms with van der Waals surface area (Å²) >= 11 is 0. The first-order chi connectivity index (χ1) is 9.77. The third kappa shape index (κ3) is 3.68. The van der Waals surface area contributed by atoms with Gasteiger partial charge in [0.2, 0.25) is 10.0 Å². The van der Waals surface area contributed by atoms with Gasteiger partial charge in [-0.25, -0.2) is 8.42 Å². The smallest absolute Gasteiger partial charge is 0.247 e. The van der Waals surface area contributed by atoms with Crippen LogP contribution in [-0.2, 0) is 10.0 Å². The number of likely N-dealkylation sites (N-methyl/N-ethyl adjacent to an activating group) is 1. The Kier molecular flexibility index (Phi) is 5.62. The molecule has 0 saturated heterocycles. The molecule has 0 saturated carbocycles. The molecule has 118 valence electrons. The number of anilines is 1. The second-order valence-electron chi connectivity index (χ2n) is 4.63. The van der Waals surface area contributed by atoms with E-state index in [1.165, 1.54) is 30.7 Å². The van der Waals surface area contributed by atoms with Gasteiger partial charge in [0.25, 0.3) is 0 Å². The fraction of sp³-hybridized carbons (Fsp3) is 0.429. The Hall–Kier alpha value is -1.73. The molecule has 6 nitrogen and oxygen atoms in total. The van der Waals surface area contributed by atoms with E-state index in [4.69, 9.17) is 15.2 Å². The molecule has 0 bridgehead atoms. The average molecular weight is 314 g/mol. The van der Waals surface area contributed by atoms with Crippen LogP contribution in [0, 0.1) is 0 Å². The zero-order valence-electron chi connectivity index (χ0n) is 12.8. The van der Waals surface area contributed by atoms with Crippen LogP contribution in [0.3, 0.4) is 0 Å². The minimum Gasteiger partial charge on any atom is -0.495 e. The highest BCUT2D eigenvalue weighted by Crippen LogP contribution is 2.35. The summed E-state index contributed by atoms with van der Waals surface area (Å²) < 4.78 is 37.0. The van der Waals surface area contributed by atoms with E-state index >= 15 is 0 Å². The Bertz CT molecular complexity index is 626. The first-order valence-corrected chi connectivity index (χ1v) is 7.87. The number of rotatable bonds is 7. The summed E-state index contributed by atoms with van der Waals surface area (Å²) in [5.41, 5.74) is 6.80. The first kappa shape index (κ1) is 17.3. The predicted octanol–water partition coefficient (Wildman–Crippen LogP) is 1.87. The van der Waals surface area contributed by atoms with Crippen LogP contribution in [0.1, 0.15) is 13.8 Å². The molecule has 0 aliphatic rings. The number of ether oxygens (including phenoxy) is 2. The zero-order valence-corrected chi connectivity index (χ0v) is 13.7. The number of nitrogens with zero attached hydrogens (tertiary/aromatic N) is 1. The quantitative estimate of drug-likeness (QED) is 0.614. The van der Waals surface area contributed by atoms with Crippen LogP contribution in [0.2, 0.25) is 0 Å². The number of hydrogen-bond acceptors (Lipinski definition) is 5. The molecule has 21 heavy (non-hydrogen) atoms. The topological polar surface area (TPSA) is 81.9 Å². The summed E-state index contributed by atoms with van der Waals surface area (Å²) in [5, 5.41) is 0. The molecule has 0 unspecified atom stereocenters. The van der Waals surface area contributed by atoms with Crippen LogP contribution < -0.4 is 15.2 Å². The van der Waals surface area contributed by atoms with Gasteiger partial charge in [0, 0.05) is 19.2 Å². The van der Waals surface area contributed by atoms with Crippen LogP contribution in [-0.4, -0.2) is 40.0 Å². The summed E-state index contributed by atoms with van der Waals surface area (Å²) in [4.78, 5) is 0.0198. The highest BCUT2D eigenvalue weighted by molar-refractivity contribution is 7.89. The Balaban J connectivity index is 3.42. The van der Waals surface area contributed by atoms with Crippen molar-refractivity contribution in [1.29, 1.82) is 0 Å². The van der Waals surface area contributed by atoms with E-state index in [9.17, 15) is 8.42 Å². The summed E-state index contributed by atoms with van der Waals surface area (Å²) in [6, 6.07) is 2.82. The van der Waals surface area contributed by atoms with Crippen LogP contribution in [0.15, 0.2) is 29.2 Å². The molecule has 0 heterocycles. The van der Waals surface area contributed by atoms with Crippen LogP contribution in [0.25, 0.3) is 0 Å². The lowest BCUT2D eigenvalue weighted by Gasteiger charge is -2.22. The molecule has 0 aromatic heterocycles. The molecule has 1 rings (SSSR count). The van der Waals surface area contributed by atoms with Crippen molar-refractivity contribution in [3.63, 3.8) is 0 Å². The molecule has 1 aromatic carbocycles. The molecular formula is C14H22N2O4S. The van der Waals surface area contributed by atoms with Crippen molar-refractivity contribution < 1.29 is 17.9 Å². The first-order valence-electron chi connectivity index (χ1n) is 6.43. The van der Waals surface area contributed by atoms with Crippen molar-refractivity contribution in [1.82, 2.24) is 4.31 Å². The minimum atomic E-state index is -3.72. The van der Waals surface area contributed by atoms with Gasteiger partial charge in [-0.15, -0.1) is 0 Å². The fourth-order valence-electron chi connectivity index (χ4n) is 1.90. The zero-order chi connectivity index (χ0) is 16.2. The second kappa shape index (κ2) is 6.82. The summed E-state index contributed by atoms with van der Waals surface area (Å²) in [6.45, 7) is 7.86. The van der Waals surface area contributed by atoms with E-state index in [1.54, 1.807) is 13.8 Å². The number of sulfonamides is 1. The predicted molar refractivity (Wildman–Crippen MR) is 83.2 cm³/mol. The van der Waals surface area contributed by atoms with Gasteiger partial charge in [-0.05, 0) is 13.0 Å². The monoisotopic (exact) mass is 314 g/mol. The Morgan fingerprint density at radius 3 is 2.29 bits per heavy atom. The normalized spacial score (nSPS) is 11.5. The van der Waals surface area contributed by atoms with E-state index in [1.807, 2.05) is 0 Å². The molecule has 1 aromatic rings. The van der Waals surface area contributed by atoms with Gasteiger partial charge in [-0.2, -0.15) is 4.31 Å². The van der Waals surface area contributed by atoms with Gasteiger partial charge < -0.3 is 15.2 Å². The molecule has 7 heteroatoms. The third-order valence-corrected chi connectivity index (χ3v) is 4.87. The molecule has 0 aliphatic heterocycles. The SMILES string of the molecule is C=C(C)CN(CC)S(=O)(=O)c1cc(N)c(OC)cc1OC. The maximum atomic E-state index is 12.7. The summed E-state index contributed by atoms with van der Waals surface area (Å²) in [7, 11) is -0.866. The van der Waals surface area contributed by atoms with E-state index in [0.717, 1.165) is 5.57 Å². The standard InChI is InChI=1S/C14H22N2O4S/c1-6-16(9-10(2)3)21(17,18)14-7-11(15)12(19-4)8-13(14)20-5/h7-8H,2,6,9,15H2,1,3-5H3. The van der Waals surface area contributed by atoms with E-state index < -0.39 is 10.0 Å². The average Bonchev–Trinajstić information content (AvgIpc) is 2.43. The number of hydrogen-bond donors (Lipinski definition) is 1. The molecule has 0 amide bonds. The van der Waals surface area contributed by atoms with E-state index in [2.05, 4.69) is 6.58 Å². The Labute approximate surface area is 126 Å². The minimum absolute atomic E-state index is 0.0198. The summed E-state index contributed by atoms with van der Waals surface area (Å²) in [5.74, 6) is 0.565. The van der Waals surface area contributed by atoms with Crippen molar-refractivity contribution in [2.24, 2.45) is 0 Å². The van der Waals surface area contributed by atoms with Crippen molar-refractivity contribution in [3.05, 3.63) is 24.3 Å². The van der Waals surface area contributed by atoms with Gasteiger partial charge >= 0.3 is 0 Å². The largest absolute Gasteiger partial charge is 0.495 e. The highest BCUT2D eigenvalue weighted by Gasteiger charge is 2.28. The molecular weight excluding hydrogens is 292 g/mol. The van der Waals surface area contributed by atoms with Crippen molar-refractivity contribution in [2.45, 2.75) is 18.7 Å². The summed E-state index contributed by atoms with van der Waals surface area (Å²) in [6.07, 6.45) is 0. The van der Waals surface area contributed by atoms with Gasteiger partial charge in [0.15, 0.2) is 0 Å². The van der Waals surface area contributed by atoms with Crippen molar-refractivity contribution in [2.75, 3.05) is 33.0 Å². The lowest BCUT2D eigenvalue weighted by Crippen LogP contribution is -2.32. The molecule has 0 fully saturated rings. The van der Waals surface area contributed by atoms with Crippen molar-refractivity contribution in [3.8, 4) is 11.5 Å². The Morgan fingerprint density at radius 1 is 1.29 bits per heavy atom. The van der Waals surface area contributed by atoms with Crippen LogP contribution >= 0.6 is 0 Å². The molecule has 0 aliphatic carbocycles. The highest BCUT2D eigenvalue weighted by atomic mass is 32.2. The molecule has 0 radical (unpaired) electrons. The van der Waals surface area contributed by atoms with Gasteiger partial charge in [0.05, 0.1) is 19.9 Å². The third-order valence-electron chi connectivity index (χ3n) is 2.93. The lowest BCUT2D eigenvalue weighted by molar-refractivity contribution is 0.383. The number of nitrogens with two attached hydrogens (primary N) is 1. The number of methoxy groups -OCH3 is 2. The van der Waals surface area contributed by atoms with E-state index in [-0.39, 0.29) is 22.9 Å². The van der Waals surface area contributed by atoms with Gasteiger partial charge in [-0.1, -0.05) is 19.1 Å². The number of benzene rings is 1. The molecule has 0 atom stereocenters. The van der Waals surface area contributed by atoms with Gasteiger partial charge in [-0.3, -0.25) is 0 Å². The molecule has 0 spiro atoms. The van der Waals surface area contributed by atoms with Gasteiger partial charge in [0.1, 0.15) is 16.4 Å². The lowest BCUT2D eigenvalue weighted by atomic mass is 10.3. The number of nitrogen functional groups attached to an aromatic ring is 1. The van der Waals surface area contributed by atoms with E-state index in [0.29, 0.717) is 12.3 Å². The fourth-order valence-corrected chi connectivity index (χ4v) is 3.58. The molecule has 2 N–H and O–H groups in total. The van der Waals surface area contributed by atoms with Crippen molar-refractivity contribution >= 4 is 15.7 Å². The second-order valence-corrected chi connectivity index (χ2v) is 6.54.